The minimum Gasteiger partial charge on any atom is -0.496 e. The Labute approximate surface area is 94.7 Å². The Bertz CT molecular complexity index is 339. The van der Waals surface area contributed by atoms with Gasteiger partial charge in [-0.05, 0) is 13.0 Å². The van der Waals surface area contributed by atoms with E-state index in [0.29, 0.717) is 5.17 Å². The van der Waals surface area contributed by atoms with Crippen LogP contribution in [0, 0.1) is 0 Å². The number of thioether (sulfide) groups is 1. The molecule has 0 radical (unpaired) electrons. The van der Waals surface area contributed by atoms with Gasteiger partial charge in [-0.15, -0.1) is 0 Å². The lowest BCUT2D eigenvalue weighted by atomic mass is 10.2. The smallest absolute Gasteiger partial charge is 0.154 e. The number of aliphatic imine (C=N–C) groups is 1. The predicted octanol–water partition coefficient (Wildman–Crippen LogP) is 2.26. The van der Waals surface area contributed by atoms with Crippen LogP contribution >= 0.6 is 11.8 Å². The van der Waals surface area contributed by atoms with Crippen LogP contribution in [-0.4, -0.2) is 18.8 Å². The Balaban J connectivity index is 2.61. The van der Waals surface area contributed by atoms with Gasteiger partial charge in [0.15, 0.2) is 5.17 Å². The molecule has 0 atom stereocenters. The first kappa shape index (κ1) is 11.9. The number of hydrogen-bond acceptors (Lipinski definition) is 3. The molecule has 0 unspecified atom stereocenters. The zero-order valence-corrected chi connectivity index (χ0v) is 9.88. The van der Waals surface area contributed by atoms with Gasteiger partial charge in [0.2, 0.25) is 0 Å². The average Bonchev–Trinajstić information content (AvgIpc) is 2.27. The Hall–Kier alpha value is -1.16. The van der Waals surface area contributed by atoms with Crippen LogP contribution in [0.25, 0.3) is 0 Å². The van der Waals surface area contributed by atoms with Crippen molar-refractivity contribution in [3.63, 3.8) is 0 Å². The van der Waals surface area contributed by atoms with Crippen LogP contribution in [0.15, 0.2) is 29.3 Å². The Morgan fingerprint density at radius 2 is 2.20 bits per heavy atom. The first-order valence-corrected chi connectivity index (χ1v) is 5.81. The standard InChI is InChI=1S/C11H16N2OS/c1-3-13-11(12)15-8-9-6-4-5-7-10(9)14-2/h4-7H,3,8H2,1-2H3,(H2,12,13). The van der Waals surface area contributed by atoms with Gasteiger partial charge in [-0.1, -0.05) is 30.0 Å². The van der Waals surface area contributed by atoms with Gasteiger partial charge in [0.1, 0.15) is 5.75 Å². The summed E-state index contributed by atoms with van der Waals surface area (Å²) in [4.78, 5) is 4.11. The van der Waals surface area contributed by atoms with Gasteiger partial charge in [-0.25, -0.2) is 0 Å². The molecule has 15 heavy (non-hydrogen) atoms. The van der Waals surface area contributed by atoms with E-state index in [0.717, 1.165) is 23.6 Å². The van der Waals surface area contributed by atoms with E-state index in [1.54, 1.807) is 7.11 Å². The van der Waals surface area contributed by atoms with Gasteiger partial charge in [0, 0.05) is 17.9 Å². The third-order valence-electron chi connectivity index (χ3n) is 1.88. The summed E-state index contributed by atoms with van der Waals surface area (Å²) in [6.07, 6.45) is 0. The van der Waals surface area contributed by atoms with Crippen LogP contribution in [0.4, 0.5) is 0 Å². The summed E-state index contributed by atoms with van der Waals surface area (Å²) >= 11 is 1.53. The van der Waals surface area contributed by atoms with Crippen molar-refractivity contribution in [3.8, 4) is 5.75 Å². The first-order chi connectivity index (χ1) is 7.27. The van der Waals surface area contributed by atoms with Crippen LogP contribution in [0.1, 0.15) is 12.5 Å². The molecular weight excluding hydrogens is 208 g/mol. The van der Waals surface area contributed by atoms with Crippen LogP contribution in [0.2, 0.25) is 0 Å². The van der Waals surface area contributed by atoms with Gasteiger partial charge >= 0.3 is 0 Å². The summed E-state index contributed by atoms with van der Waals surface area (Å²) in [5.41, 5.74) is 6.83. The summed E-state index contributed by atoms with van der Waals surface area (Å²) in [6, 6.07) is 7.93. The van der Waals surface area contributed by atoms with Crippen LogP contribution in [0.5, 0.6) is 5.75 Å². The number of nitrogens with two attached hydrogens (primary N) is 1. The van der Waals surface area contributed by atoms with E-state index < -0.39 is 0 Å². The highest BCUT2D eigenvalue weighted by atomic mass is 32.2. The maximum atomic E-state index is 5.70. The molecule has 2 N–H and O–H groups in total. The number of hydrogen-bond donors (Lipinski definition) is 1. The summed E-state index contributed by atoms with van der Waals surface area (Å²) in [5, 5.41) is 0.628. The number of rotatable bonds is 4. The lowest BCUT2D eigenvalue weighted by molar-refractivity contribution is 0.411. The summed E-state index contributed by atoms with van der Waals surface area (Å²) in [5.74, 6) is 1.69. The lowest BCUT2D eigenvalue weighted by Gasteiger charge is -2.07. The van der Waals surface area contributed by atoms with Crippen molar-refractivity contribution in [2.24, 2.45) is 10.7 Å². The SMILES string of the molecule is CCN=C(N)SCc1ccccc1OC. The van der Waals surface area contributed by atoms with Gasteiger partial charge in [0.05, 0.1) is 7.11 Å². The Morgan fingerprint density at radius 3 is 2.87 bits per heavy atom. The van der Waals surface area contributed by atoms with E-state index in [1.165, 1.54) is 11.8 Å². The molecule has 0 saturated heterocycles. The fourth-order valence-corrected chi connectivity index (χ4v) is 1.94. The zero-order valence-electron chi connectivity index (χ0n) is 9.06. The average molecular weight is 224 g/mol. The molecule has 3 nitrogen and oxygen atoms in total. The molecule has 0 aliphatic rings. The number of para-hydroxylation sites is 1. The fourth-order valence-electron chi connectivity index (χ4n) is 1.18. The number of ether oxygens (including phenoxy) is 1. The molecule has 0 amide bonds. The highest BCUT2D eigenvalue weighted by molar-refractivity contribution is 8.13. The topological polar surface area (TPSA) is 47.6 Å². The maximum absolute atomic E-state index is 5.70. The third kappa shape index (κ3) is 3.83. The Morgan fingerprint density at radius 1 is 1.47 bits per heavy atom. The quantitative estimate of drug-likeness (QED) is 0.630. The number of amidine groups is 1. The molecule has 4 heteroatoms. The number of methoxy groups -OCH3 is 1. The van der Waals surface area contributed by atoms with Gasteiger partial charge < -0.3 is 10.5 Å². The van der Waals surface area contributed by atoms with Crippen molar-refractivity contribution < 1.29 is 4.74 Å². The van der Waals surface area contributed by atoms with Gasteiger partial charge in [-0.2, -0.15) is 0 Å². The van der Waals surface area contributed by atoms with E-state index in [-0.39, 0.29) is 0 Å². The molecule has 0 heterocycles. The molecule has 0 fully saturated rings. The number of nitrogens with zero attached hydrogens (tertiary/aromatic N) is 1. The second kappa shape index (κ2) is 6.35. The summed E-state index contributed by atoms with van der Waals surface area (Å²) < 4.78 is 5.24. The van der Waals surface area contributed by atoms with Crippen molar-refractivity contribution in [3.05, 3.63) is 29.8 Å². The lowest BCUT2D eigenvalue weighted by Crippen LogP contribution is -2.07. The summed E-state index contributed by atoms with van der Waals surface area (Å²) in [6.45, 7) is 2.70. The van der Waals surface area contributed by atoms with Crippen molar-refractivity contribution in [1.82, 2.24) is 0 Å². The maximum Gasteiger partial charge on any atom is 0.154 e. The van der Waals surface area contributed by atoms with E-state index in [2.05, 4.69) is 4.99 Å². The fraction of sp³-hybridized carbons (Fsp3) is 0.364. The van der Waals surface area contributed by atoms with Crippen molar-refractivity contribution in [1.29, 1.82) is 0 Å². The summed E-state index contributed by atoms with van der Waals surface area (Å²) in [7, 11) is 1.67. The Kier molecular flexibility index (Phi) is 5.04. The monoisotopic (exact) mass is 224 g/mol. The van der Waals surface area contributed by atoms with E-state index in [9.17, 15) is 0 Å². The van der Waals surface area contributed by atoms with Gasteiger partial charge in [0.25, 0.3) is 0 Å². The van der Waals surface area contributed by atoms with E-state index in [1.807, 2.05) is 31.2 Å². The highest BCUT2D eigenvalue weighted by Crippen LogP contribution is 2.22. The second-order valence-corrected chi connectivity index (χ2v) is 3.91. The van der Waals surface area contributed by atoms with Crippen molar-refractivity contribution in [2.45, 2.75) is 12.7 Å². The first-order valence-electron chi connectivity index (χ1n) is 4.82. The van der Waals surface area contributed by atoms with Crippen LogP contribution in [0.3, 0.4) is 0 Å². The minimum atomic E-state index is 0.628. The predicted molar refractivity (Wildman–Crippen MR) is 66.5 cm³/mol. The number of benzene rings is 1. The molecule has 0 aliphatic carbocycles. The van der Waals surface area contributed by atoms with Crippen molar-refractivity contribution in [2.75, 3.05) is 13.7 Å². The second-order valence-electron chi connectivity index (χ2n) is 2.91. The van der Waals surface area contributed by atoms with Crippen LogP contribution < -0.4 is 10.5 Å². The van der Waals surface area contributed by atoms with Gasteiger partial charge in [-0.3, -0.25) is 4.99 Å². The minimum absolute atomic E-state index is 0.628. The molecule has 1 aromatic carbocycles. The third-order valence-corrected chi connectivity index (χ3v) is 2.76. The molecular formula is C11H16N2OS. The molecule has 1 aromatic rings. The largest absolute Gasteiger partial charge is 0.496 e. The highest BCUT2D eigenvalue weighted by Gasteiger charge is 2.02. The van der Waals surface area contributed by atoms with E-state index >= 15 is 0 Å². The molecule has 0 aromatic heterocycles. The van der Waals surface area contributed by atoms with E-state index in [4.69, 9.17) is 10.5 Å². The molecule has 82 valence electrons. The zero-order chi connectivity index (χ0) is 11.1. The molecule has 0 bridgehead atoms. The molecule has 1 rings (SSSR count). The molecule has 0 spiro atoms. The normalized spacial score (nSPS) is 11.5. The van der Waals surface area contributed by atoms with Crippen LogP contribution in [-0.2, 0) is 5.75 Å². The van der Waals surface area contributed by atoms with Crippen molar-refractivity contribution >= 4 is 16.9 Å². The molecule has 0 saturated carbocycles. The molecule has 0 aliphatic heterocycles.